The van der Waals surface area contributed by atoms with Crippen molar-refractivity contribution in [3.05, 3.63) is 11.3 Å². The number of rotatable bonds is 2. The van der Waals surface area contributed by atoms with Gasteiger partial charge in [0.2, 0.25) is 0 Å². The van der Waals surface area contributed by atoms with Crippen LogP contribution in [0.4, 0.5) is 0 Å². The summed E-state index contributed by atoms with van der Waals surface area (Å²) in [6, 6.07) is 0. The molecule has 0 aromatic heterocycles. The average molecular weight is 154 g/mol. The van der Waals surface area contributed by atoms with Crippen LogP contribution in [0.25, 0.3) is 0 Å². The molecule has 0 N–H and O–H groups in total. The first kappa shape index (κ1) is 8.31. The van der Waals surface area contributed by atoms with E-state index in [4.69, 9.17) is 4.74 Å². The quantitative estimate of drug-likeness (QED) is 0.451. The van der Waals surface area contributed by atoms with Crippen molar-refractivity contribution in [2.75, 3.05) is 0 Å². The third kappa shape index (κ3) is 2.37. The molecule has 0 amide bonds. The largest absolute Gasteiger partial charge is 0.434 e. The van der Waals surface area contributed by atoms with Crippen LogP contribution < -0.4 is 0 Å². The van der Waals surface area contributed by atoms with Crippen LogP contribution in [0.5, 0.6) is 0 Å². The number of allylic oxidation sites excluding steroid dienone is 2. The highest BCUT2D eigenvalue weighted by molar-refractivity contribution is 5.40. The van der Waals surface area contributed by atoms with E-state index in [9.17, 15) is 4.79 Å². The fourth-order valence-corrected chi connectivity index (χ4v) is 1.49. The Morgan fingerprint density at radius 3 is 2.55 bits per heavy atom. The molecule has 2 nitrogen and oxygen atoms in total. The van der Waals surface area contributed by atoms with Gasteiger partial charge in [-0.15, -0.1) is 0 Å². The van der Waals surface area contributed by atoms with Gasteiger partial charge in [-0.3, -0.25) is 4.79 Å². The smallest absolute Gasteiger partial charge is 0.298 e. The van der Waals surface area contributed by atoms with Gasteiger partial charge in [0.05, 0.1) is 0 Å². The van der Waals surface area contributed by atoms with Gasteiger partial charge >= 0.3 is 0 Å². The summed E-state index contributed by atoms with van der Waals surface area (Å²) >= 11 is 0. The first-order valence-electron chi connectivity index (χ1n) is 4.13. The van der Waals surface area contributed by atoms with Gasteiger partial charge in [-0.25, -0.2) is 0 Å². The molecule has 0 saturated heterocycles. The van der Waals surface area contributed by atoms with E-state index in [1.54, 1.807) is 0 Å². The fourth-order valence-electron chi connectivity index (χ4n) is 1.49. The lowest BCUT2D eigenvalue weighted by molar-refractivity contribution is -0.125. The summed E-state index contributed by atoms with van der Waals surface area (Å²) in [7, 11) is 0. The van der Waals surface area contributed by atoms with Crippen molar-refractivity contribution in [2.45, 2.75) is 39.0 Å². The summed E-state index contributed by atoms with van der Waals surface area (Å²) in [6.07, 6.45) is 6.03. The molecule has 0 radical (unpaired) electrons. The van der Waals surface area contributed by atoms with Gasteiger partial charge in [0.1, 0.15) is 5.76 Å². The van der Waals surface area contributed by atoms with Crippen LogP contribution in [0.2, 0.25) is 0 Å². The number of carbonyl (C=O) groups is 1. The molecule has 0 aromatic carbocycles. The standard InChI is InChI=1S/C9H14O2/c1-8(11-7-10)9-5-3-2-4-6-9/h7H,2-6H2,1H3. The van der Waals surface area contributed by atoms with E-state index in [2.05, 4.69) is 0 Å². The molecule has 0 bridgehead atoms. The number of hydrogen-bond donors (Lipinski definition) is 0. The molecule has 0 heterocycles. The van der Waals surface area contributed by atoms with E-state index in [-0.39, 0.29) is 0 Å². The maximum absolute atomic E-state index is 10.0. The van der Waals surface area contributed by atoms with E-state index < -0.39 is 0 Å². The Morgan fingerprint density at radius 2 is 2.00 bits per heavy atom. The normalized spacial score (nSPS) is 17.7. The van der Waals surface area contributed by atoms with E-state index in [0.29, 0.717) is 6.47 Å². The highest BCUT2D eigenvalue weighted by Crippen LogP contribution is 2.25. The number of hydrogen-bond acceptors (Lipinski definition) is 2. The molecule has 11 heavy (non-hydrogen) atoms. The Morgan fingerprint density at radius 1 is 1.36 bits per heavy atom. The number of ether oxygens (including phenoxy) is 1. The fraction of sp³-hybridized carbons (Fsp3) is 0.667. The van der Waals surface area contributed by atoms with Crippen LogP contribution in [0, 0.1) is 0 Å². The topological polar surface area (TPSA) is 26.3 Å². The molecule has 0 atom stereocenters. The van der Waals surface area contributed by atoms with Crippen LogP contribution in [-0.2, 0) is 9.53 Å². The summed E-state index contributed by atoms with van der Waals surface area (Å²) in [4.78, 5) is 10.0. The minimum atomic E-state index is 0.511. The van der Waals surface area contributed by atoms with Crippen molar-refractivity contribution >= 4 is 6.47 Å². The van der Waals surface area contributed by atoms with Crippen molar-refractivity contribution in [1.82, 2.24) is 0 Å². The van der Waals surface area contributed by atoms with Gasteiger partial charge in [0, 0.05) is 0 Å². The van der Waals surface area contributed by atoms with Crippen LogP contribution in [0.1, 0.15) is 39.0 Å². The third-order valence-electron chi connectivity index (χ3n) is 2.18. The van der Waals surface area contributed by atoms with Crippen molar-refractivity contribution in [2.24, 2.45) is 0 Å². The second-order valence-electron chi connectivity index (χ2n) is 2.93. The molecule has 0 aliphatic heterocycles. The van der Waals surface area contributed by atoms with E-state index in [0.717, 1.165) is 18.6 Å². The second-order valence-corrected chi connectivity index (χ2v) is 2.93. The van der Waals surface area contributed by atoms with E-state index >= 15 is 0 Å². The molecule has 1 fully saturated rings. The van der Waals surface area contributed by atoms with E-state index in [1.165, 1.54) is 24.8 Å². The second kappa shape index (κ2) is 4.16. The molecule has 0 aromatic rings. The molecule has 0 unspecified atom stereocenters. The molecular formula is C9H14O2. The molecular weight excluding hydrogens is 140 g/mol. The summed E-state index contributed by atoms with van der Waals surface area (Å²) in [6.45, 7) is 2.38. The Bertz CT molecular complexity index is 162. The highest BCUT2D eigenvalue weighted by Gasteiger charge is 2.08. The lowest BCUT2D eigenvalue weighted by Crippen LogP contribution is -1.98. The van der Waals surface area contributed by atoms with Gasteiger partial charge in [-0.1, -0.05) is 6.42 Å². The van der Waals surface area contributed by atoms with Crippen molar-refractivity contribution < 1.29 is 9.53 Å². The Balaban J connectivity index is 2.52. The van der Waals surface area contributed by atoms with Crippen LogP contribution >= 0.6 is 0 Å². The van der Waals surface area contributed by atoms with Gasteiger partial charge in [-0.05, 0) is 38.2 Å². The van der Waals surface area contributed by atoms with Gasteiger partial charge in [0.25, 0.3) is 6.47 Å². The Kier molecular flexibility index (Phi) is 3.14. The van der Waals surface area contributed by atoms with Crippen LogP contribution in [0.15, 0.2) is 11.3 Å². The molecule has 1 saturated carbocycles. The molecule has 1 rings (SSSR count). The Hall–Kier alpha value is -0.790. The van der Waals surface area contributed by atoms with Gasteiger partial charge < -0.3 is 4.74 Å². The zero-order valence-corrected chi connectivity index (χ0v) is 6.93. The maximum atomic E-state index is 10.0. The van der Waals surface area contributed by atoms with Crippen LogP contribution in [0.3, 0.4) is 0 Å². The van der Waals surface area contributed by atoms with E-state index in [1.807, 2.05) is 6.92 Å². The summed E-state index contributed by atoms with van der Waals surface area (Å²) in [5, 5.41) is 0. The molecule has 2 heteroatoms. The minimum Gasteiger partial charge on any atom is -0.434 e. The first-order chi connectivity index (χ1) is 5.34. The predicted octanol–water partition coefficient (Wildman–Crippen LogP) is 2.40. The summed E-state index contributed by atoms with van der Waals surface area (Å²) in [5.41, 5.74) is 1.32. The van der Waals surface area contributed by atoms with Crippen molar-refractivity contribution in [1.29, 1.82) is 0 Å². The van der Waals surface area contributed by atoms with Crippen molar-refractivity contribution in [3.8, 4) is 0 Å². The maximum Gasteiger partial charge on any atom is 0.298 e. The summed E-state index contributed by atoms with van der Waals surface area (Å²) in [5.74, 6) is 0.819. The lowest BCUT2D eigenvalue weighted by atomic mass is 9.94. The molecule has 0 spiro atoms. The molecule has 1 aliphatic rings. The third-order valence-corrected chi connectivity index (χ3v) is 2.18. The minimum absolute atomic E-state index is 0.511. The van der Waals surface area contributed by atoms with Gasteiger partial charge in [-0.2, -0.15) is 0 Å². The summed E-state index contributed by atoms with van der Waals surface area (Å²) < 4.78 is 4.78. The Labute approximate surface area is 67.2 Å². The number of carbonyl (C=O) groups excluding carboxylic acids is 1. The zero-order valence-electron chi connectivity index (χ0n) is 6.93. The SMILES string of the molecule is CC(OC=O)=C1CCCCC1. The molecule has 1 aliphatic carbocycles. The molecule has 62 valence electrons. The zero-order chi connectivity index (χ0) is 8.10. The highest BCUT2D eigenvalue weighted by atomic mass is 16.5. The first-order valence-corrected chi connectivity index (χ1v) is 4.13. The predicted molar refractivity (Wildman–Crippen MR) is 42.9 cm³/mol. The lowest BCUT2D eigenvalue weighted by Gasteiger charge is -2.15. The monoisotopic (exact) mass is 154 g/mol. The van der Waals surface area contributed by atoms with Crippen LogP contribution in [-0.4, -0.2) is 6.47 Å². The average Bonchev–Trinajstić information content (AvgIpc) is 2.07. The van der Waals surface area contributed by atoms with Crippen molar-refractivity contribution in [3.63, 3.8) is 0 Å². The van der Waals surface area contributed by atoms with Gasteiger partial charge in [0.15, 0.2) is 0 Å².